The first-order valence-corrected chi connectivity index (χ1v) is 9.32. The van der Waals surface area contributed by atoms with E-state index < -0.39 is 9.84 Å². The van der Waals surface area contributed by atoms with Crippen LogP contribution in [0.1, 0.15) is 33.1 Å². The van der Waals surface area contributed by atoms with Gasteiger partial charge in [0.2, 0.25) is 0 Å². The molecule has 0 atom stereocenters. The Labute approximate surface area is 130 Å². The summed E-state index contributed by atoms with van der Waals surface area (Å²) in [4.78, 5) is 0.192. The van der Waals surface area contributed by atoms with Crippen LogP contribution in [-0.4, -0.2) is 38.3 Å². The van der Waals surface area contributed by atoms with Gasteiger partial charge < -0.3 is 15.8 Å². The first-order chi connectivity index (χ1) is 9.78. The van der Waals surface area contributed by atoms with Gasteiger partial charge in [-0.2, -0.15) is 4.37 Å². The number of aromatic nitrogens is 1. The van der Waals surface area contributed by atoms with Crippen LogP contribution in [0.4, 0.5) is 10.8 Å². The van der Waals surface area contributed by atoms with Crippen molar-refractivity contribution in [2.75, 3.05) is 31.3 Å². The highest BCUT2D eigenvalue weighted by atomic mass is 32.2. The molecule has 0 spiro atoms. The Kier molecular flexibility index (Phi) is 4.79. The topological polar surface area (TPSA) is 94.3 Å². The zero-order chi connectivity index (χ0) is 15.7. The largest absolute Gasteiger partial charge is 0.385 e. The van der Waals surface area contributed by atoms with E-state index >= 15 is 0 Å². The summed E-state index contributed by atoms with van der Waals surface area (Å²) in [6.45, 7) is 5.54. The molecular weight excluding hydrogens is 310 g/mol. The molecule has 2 rings (SSSR count). The van der Waals surface area contributed by atoms with Gasteiger partial charge in [-0.15, -0.1) is 0 Å². The summed E-state index contributed by atoms with van der Waals surface area (Å²) in [5, 5.41) is 3.49. The minimum atomic E-state index is -3.33. The van der Waals surface area contributed by atoms with Gasteiger partial charge in [-0.1, -0.05) is 13.8 Å². The quantitative estimate of drug-likeness (QED) is 0.757. The standard InChI is InChI=1S/C13H23N3O3S2/c1-13(2,6-7-19-3)8-15-12-10(11(14)16-20-12)21(17,18)9-4-5-9/h9,15H,4-8H2,1-3H3,(H2,14,16). The summed E-state index contributed by atoms with van der Waals surface area (Å²) in [5.74, 6) is 0.115. The molecule has 0 unspecified atom stereocenters. The second kappa shape index (κ2) is 6.10. The van der Waals surface area contributed by atoms with E-state index in [9.17, 15) is 8.42 Å². The summed E-state index contributed by atoms with van der Waals surface area (Å²) in [5.41, 5.74) is 5.77. The summed E-state index contributed by atoms with van der Waals surface area (Å²) < 4.78 is 33.9. The van der Waals surface area contributed by atoms with Gasteiger partial charge in [0, 0.05) is 20.3 Å². The number of anilines is 2. The first-order valence-electron chi connectivity index (χ1n) is 7.00. The average Bonchev–Trinajstić information content (AvgIpc) is 3.19. The van der Waals surface area contributed by atoms with E-state index in [0.717, 1.165) is 30.8 Å². The number of sulfone groups is 1. The van der Waals surface area contributed by atoms with Crippen molar-refractivity contribution in [2.24, 2.45) is 5.41 Å². The van der Waals surface area contributed by atoms with Crippen molar-refractivity contribution in [3.8, 4) is 0 Å². The molecule has 120 valence electrons. The van der Waals surface area contributed by atoms with Gasteiger partial charge >= 0.3 is 0 Å². The molecule has 3 N–H and O–H groups in total. The lowest BCUT2D eigenvalue weighted by Gasteiger charge is -2.24. The van der Waals surface area contributed by atoms with E-state index in [1.165, 1.54) is 0 Å². The molecule has 1 saturated carbocycles. The van der Waals surface area contributed by atoms with Crippen molar-refractivity contribution in [1.29, 1.82) is 0 Å². The fourth-order valence-electron chi connectivity index (χ4n) is 2.01. The maximum atomic E-state index is 12.4. The van der Waals surface area contributed by atoms with Crippen molar-refractivity contribution in [2.45, 2.75) is 43.3 Å². The van der Waals surface area contributed by atoms with E-state index in [-0.39, 0.29) is 21.4 Å². The predicted molar refractivity (Wildman–Crippen MR) is 85.5 cm³/mol. The predicted octanol–water partition coefficient (Wildman–Crippen LogP) is 2.14. The third-order valence-corrected chi connectivity index (χ3v) is 6.91. The average molecular weight is 333 g/mol. The maximum absolute atomic E-state index is 12.4. The Morgan fingerprint density at radius 2 is 2.14 bits per heavy atom. The Hall–Kier alpha value is -0.860. The number of hydrogen-bond acceptors (Lipinski definition) is 7. The summed E-state index contributed by atoms with van der Waals surface area (Å²) >= 11 is 1.12. The number of rotatable bonds is 8. The van der Waals surface area contributed by atoms with Crippen LogP contribution >= 0.6 is 11.5 Å². The zero-order valence-electron chi connectivity index (χ0n) is 12.7. The SMILES string of the molecule is COCCC(C)(C)CNc1snc(N)c1S(=O)(=O)C1CC1. The minimum absolute atomic E-state index is 0.00459. The van der Waals surface area contributed by atoms with Crippen LogP contribution in [0.15, 0.2) is 4.90 Å². The normalized spacial score (nSPS) is 16.1. The number of methoxy groups -OCH3 is 1. The van der Waals surface area contributed by atoms with E-state index in [4.69, 9.17) is 10.5 Å². The van der Waals surface area contributed by atoms with Crippen molar-refractivity contribution >= 4 is 32.2 Å². The molecule has 1 fully saturated rings. The van der Waals surface area contributed by atoms with E-state index in [2.05, 4.69) is 23.5 Å². The van der Waals surface area contributed by atoms with Crippen LogP contribution in [0.25, 0.3) is 0 Å². The molecule has 0 bridgehead atoms. The molecular formula is C13H23N3O3S2. The molecule has 21 heavy (non-hydrogen) atoms. The molecule has 6 nitrogen and oxygen atoms in total. The second-order valence-corrected chi connectivity index (χ2v) is 9.17. The number of hydrogen-bond donors (Lipinski definition) is 2. The monoisotopic (exact) mass is 333 g/mol. The van der Waals surface area contributed by atoms with Crippen LogP contribution in [0.3, 0.4) is 0 Å². The van der Waals surface area contributed by atoms with Gasteiger partial charge in [-0.3, -0.25) is 0 Å². The third-order valence-electron chi connectivity index (χ3n) is 3.63. The lowest BCUT2D eigenvalue weighted by atomic mass is 9.90. The molecule has 0 aliphatic heterocycles. The molecule has 0 radical (unpaired) electrons. The molecule has 0 amide bonds. The molecule has 1 aliphatic carbocycles. The smallest absolute Gasteiger partial charge is 0.187 e. The lowest BCUT2D eigenvalue weighted by Crippen LogP contribution is -2.25. The summed E-state index contributed by atoms with van der Waals surface area (Å²) in [7, 11) is -1.66. The van der Waals surface area contributed by atoms with Gasteiger partial charge in [0.15, 0.2) is 15.7 Å². The van der Waals surface area contributed by atoms with Crippen LogP contribution < -0.4 is 11.1 Å². The Morgan fingerprint density at radius 1 is 1.48 bits per heavy atom. The Morgan fingerprint density at radius 3 is 2.71 bits per heavy atom. The lowest BCUT2D eigenvalue weighted by molar-refractivity contribution is 0.157. The number of nitrogens with two attached hydrogens (primary N) is 1. The molecule has 0 aromatic carbocycles. The van der Waals surface area contributed by atoms with Crippen LogP contribution in [0, 0.1) is 5.41 Å². The zero-order valence-corrected chi connectivity index (χ0v) is 14.3. The number of nitrogens with one attached hydrogen (secondary N) is 1. The fourth-order valence-corrected chi connectivity index (χ4v) is 4.89. The fraction of sp³-hybridized carbons (Fsp3) is 0.769. The maximum Gasteiger partial charge on any atom is 0.187 e. The van der Waals surface area contributed by atoms with Gasteiger partial charge in [0.25, 0.3) is 0 Å². The van der Waals surface area contributed by atoms with Crippen LogP contribution in [0.2, 0.25) is 0 Å². The highest BCUT2D eigenvalue weighted by Crippen LogP contribution is 2.41. The van der Waals surface area contributed by atoms with Crippen LogP contribution in [-0.2, 0) is 14.6 Å². The van der Waals surface area contributed by atoms with Gasteiger partial charge in [-0.05, 0) is 36.2 Å². The van der Waals surface area contributed by atoms with Crippen molar-refractivity contribution in [1.82, 2.24) is 4.37 Å². The molecule has 8 heteroatoms. The molecule has 1 aromatic heterocycles. The highest BCUT2D eigenvalue weighted by Gasteiger charge is 2.40. The molecule has 1 aromatic rings. The number of ether oxygens (including phenoxy) is 1. The first kappa shape index (κ1) is 16.5. The molecule has 0 saturated heterocycles. The van der Waals surface area contributed by atoms with Crippen molar-refractivity contribution in [3.63, 3.8) is 0 Å². The summed E-state index contributed by atoms with van der Waals surface area (Å²) in [6.07, 6.45) is 2.32. The van der Waals surface area contributed by atoms with Gasteiger partial charge in [0.1, 0.15) is 9.90 Å². The van der Waals surface area contributed by atoms with Crippen molar-refractivity contribution < 1.29 is 13.2 Å². The van der Waals surface area contributed by atoms with Gasteiger partial charge in [-0.25, -0.2) is 8.42 Å². The van der Waals surface area contributed by atoms with E-state index in [1.54, 1.807) is 7.11 Å². The summed E-state index contributed by atoms with van der Waals surface area (Å²) in [6, 6.07) is 0. The van der Waals surface area contributed by atoms with E-state index in [0.29, 0.717) is 18.2 Å². The molecule has 1 aliphatic rings. The minimum Gasteiger partial charge on any atom is -0.385 e. The van der Waals surface area contributed by atoms with Crippen molar-refractivity contribution in [3.05, 3.63) is 0 Å². The Bertz CT molecular complexity index is 592. The van der Waals surface area contributed by atoms with Gasteiger partial charge in [0.05, 0.1) is 5.25 Å². The molecule has 1 heterocycles. The second-order valence-electron chi connectivity index (χ2n) is 6.23. The Balaban J connectivity index is 2.11. The van der Waals surface area contributed by atoms with E-state index in [1.807, 2.05) is 0 Å². The van der Waals surface area contributed by atoms with Crippen LogP contribution in [0.5, 0.6) is 0 Å². The highest BCUT2D eigenvalue weighted by molar-refractivity contribution is 7.92. The number of nitrogens with zero attached hydrogens (tertiary/aromatic N) is 1. The third kappa shape index (κ3) is 3.87. The number of nitrogen functional groups attached to an aromatic ring is 1.